The van der Waals surface area contributed by atoms with E-state index in [1.54, 1.807) is 4.90 Å². The van der Waals surface area contributed by atoms with Gasteiger partial charge < -0.3 is 25.5 Å². The molecule has 8 nitrogen and oxygen atoms in total. The molecule has 8 heteroatoms. The lowest BCUT2D eigenvalue weighted by Gasteiger charge is -2.37. The number of urea groups is 1. The fourth-order valence-electron chi connectivity index (χ4n) is 1.74. The molecule has 108 valence electrons. The van der Waals surface area contributed by atoms with E-state index in [1.807, 2.05) is 14.0 Å². The number of piperazine rings is 1. The van der Waals surface area contributed by atoms with Crippen molar-refractivity contribution >= 4 is 17.9 Å². The third kappa shape index (κ3) is 5.12. The van der Waals surface area contributed by atoms with Crippen LogP contribution in [0.15, 0.2) is 0 Å². The summed E-state index contributed by atoms with van der Waals surface area (Å²) >= 11 is 0. The number of aliphatic carboxylic acids is 1. The predicted molar refractivity (Wildman–Crippen MR) is 67.7 cm³/mol. The van der Waals surface area contributed by atoms with Gasteiger partial charge in [0.25, 0.3) is 0 Å². The average Bonchev–Trinajstić information content (AvgIpc) is 2.36. The first-order chi connectivity index (χ1) is 8.90. The van der Waals surface area contributed by atoms with Crippen LogP contribution in [0.2, 0.25) is 0 Å². The van der Waals surface area contributed by atoms with Crippen molar-refractivity contribution in [2.24, 2.45) is 0 Å². The molecule has 1 saturated heterocycles. The molecule has 0 saturated carbocycles. The van der Waals surface area contributed by atoms with Crippen molar-refractivity contribution in [2.75, 3.05) is 39.8 Å². The van der Waals surface area contributed by atoms with Crippen molar-refractivity contribution in [3.63, 3.8) is 0 Å². The lowest BCUT2D eigenvalue weighted by molar-refractivity contribution is -0.137. The maximum Gasteiger partial charge on any atom is 0.322 e. The summed E-state index contributed by atoms with van der Waals surface area (Å²) in [5.74, 6) is -1.63. The summed E-state index contributed by atoms with van der Waals surface area (Å²) in [5.41, 5.74) is 0. The Balaban J connectivity index is 2.27. The number of carbonyl (C=O) groups is 3. The van der Waals surface area contributed by atoms with E-state index in [4.69, 9.17) is 5.11 Å². The van der Waals surface area contributed by atoms with Crippen LogP contribution in [-0.2, 0) is 9.59 Å². The van der Waals surface area contributed by atoms with Crippen molar-refractivity contribution in [1.29, 1.82) is 0 Å². The molecule has 0 aliphatic carbocycles. The summed E-state index contributed by atoms with van der Waals surface area (Å²) in [5, 5.41) is 13.0. The van der Waals surface area contributed by atoms with Gasteiger partial charge in [-0.25, -0.2) is 4.79 Å². The molecular formula is C11H20N4O4. The monoisotopic (exact) mass is 272 g/mol. The van der Waals surface area contributed by atoms with E-state index in [0.717, 1.165) is 6.54 Å². The molecule has 0 aromatic rings. The maximum absolute atomic E-state index is 11.8. The molecule has 1 unspecified atom stereocenters. The van der Waals surface area contributed by atoms with Gasteiger partial charge in [-0.1, -0.05) is 0 Å². The van der Waals surface area contributed by atoms with E-state index in [9.17, 15) is 14.4 Å². The van der Waals surface area contributed by atoms with Crippen LogP contribution in [0.5, 0.6) is 0 Å². The molecule has 1 aliphatic rings. The Morgan fingerprint density at radius 3 is 2.47 bits per heavy atom. The quantitative estimate of drug-likeness (QED) is 0.580. The minimum absolute atomic E-state index is 0.215. The number of carboxylic acid groups (broad SMARTS) is 1. The minimum atomic E-state index is -1.12. The summed E-state index contributed by atoms with van der Waals surface area (Å²) in [6, 6.07) is -0.0224. The van der Waals surface area contributed by atoms with Gasteiger partial charge in [0.15, 0.2) is 0 Å². The molecule has 1 atom stereocenters. The van der Waals surface area contributed by atoms with Crippen LogP contribution in [0.25, 0.3) is 0 Å². The Kier molecular flexibility index (Phi) is 5.56. The first-order valence-electron chi connectivity index (χ1n) is 6.11. The number of nitrogens with one attached hydrogen (secondary N) is 2. The molecule has 1 aliphatic heterocycles. The average molecular weight is 272 g/mol. The first kappa shape index (κ1) is 15.2. The van der Waals surface area contributed by atoms with Crippen LogP contribution in [0.1, 0.15) is 6.92 Å². The Bertz CT molecular complexity index is 361. The van der Waals surface area contributed by atoms with Crippen LogP contribution in [0.4, 0.5) is 4.79 Å². The van der Waals surface area contributed by atoms with Gasteiger partial charge in [0.1, 0.15) is 6.54 Å². The molecule has 0 radical (unpaired) electrons. The lowest BCUT2D eigenvalue weighted by Crippen LogP contribution is -2.55. The highest BCUT2D eigenvalue weighted by atomic mass is 16.4. The molecule has 0 bridgehead atoms. The number of carbonyl (C=O) groups excluding carboxylic acids is 2. The number of rotatable bonds is 4. The third-order valence-electron chi connectivity index (χ3n) is 3.08. The minimum Gasteiger partial charge on any atom is -0.480 e. The van der Waals surface area contributed by atoms with Gasteiger partial charge in [-0.3, -0.25) is 9.59 Å². The molecule has 19 heavy (non-hydrogen) atoms. The predicted octanol–water partition coefficient (Wildman–Crippen LogP) is -1.47. The molecule has 0 aromatic carbocycles. The second-order valence-corrected chi connectivity index (χ2v) is 4.60. The smallest absolute Gasteiger partial charge is 0.322 e. The summed E-state index contributed by atoms with van der Waals surface area (Å²) in [6.45, 7) is 3.38. The van der Waals surface area contributed by atoms with E-state index in [-0.39, 0.29) is 18.6 Å². The van der Waals surface area contributed by atoms with Crippen LogP contribution in [-0.4, -0.2) is 78.6 Å². The van der Waals surface area contributed by atoms with Crippen LogP contribution in [0.3, 0.4) is 0 Å². The Labute approximate surface area is 111 Å². The molecule has 0 aromatic heterocycles. The summed E-state index contributed by atoms with van der Waals surface area (Å²) in [7, 11) is 2.00. The van der Waals surface area contributed by atoms with Crippen molar-refractivity contribution < 1.29 is 19.5 Å². The zero-order chi connectivity index (χ0) is 14.4. The number of likely N-dealkylation sites (N-methyl/N-ethyl adjacent to an activating group) is 1. The van der Waals surface area contributed by atoms with Crippen molar-refractivity contribution in [3.8, 4) is 0 Å². The van der Waals surface area contributed by atoms with Crippen molar-refractivity contribution in [1.82, 2.24) is 20.4 Å². The Hall–Kier alpha value is -1.83. The third-order valence-corrected chi connectivity index (χ3v) is 3.08. The zero-order valence-electron chi connectivity index (χ0n) is 11.2. The number of carboxylic acids is 1. The molecule has 1 heterocycles. The second kappa shape index (κ2) is 6.93. The van der Waals surface area contributed by atoms with E-state index in [1.165, 1.54) is 0 Å². The SMILES string of the molecule is CC1CN(C(=O)NCC(=O)NCC(=O)O)CCN1C. The van der Waals surface area contributed by atoms with Crippen LogP contribution >= 0.6 is 0 Å². The van der Waals surface area contributed by atoms with Crippen LogP contribution in [0, 0.1) is 0 Å². The largest absolute Gasteiger partial charge is 0.480 e. The summed E-state index contributed by atoms with van der Waals surface area (Å²) in [4.78, 5) is 37.1. The van der Waals surface area contributed by atoms with Gasteiger partial charge in [0.2, 0.25) is 5.91 Å². The lowest BCUT2D eigenvalue weighted by atomic mass is 10.2. The number of nitrogens with zero attached hydrogens (tertiary/aromatic N) is 2. The Morgan fingerprint density at radius 2 is 1.89 bits per heavy atom. The van der Waals surface area contributed by atoms with Gasteiger partial charge in [-0.15, -0.1) is 0 Å². The number of hydrogen-bond donors (Lipinski definition) is 3. The fourth-order valence-corrected chi connectivity index (χ4v) is 1.74. The van der Waals surface area contributed by atoms with Gasteiger partial charge in [-0.05, 0) is 14.0 Å². The maximum atomic E-state index is 11.8. The molecule has 1 fully saturated rings. The highest BCUT2D eigenvalue weighted by molar-refractivity contribution is 5.86. The van der Waals surface area contributed by atoms with E-state index in [2.05, 4.69) is 15.5 Å². The van der Waals surface area contributed by atoms with E-state index >= 15 is 0 Å². The standard InChI is InChI=1S/C11H20N4O4/c1-8-7-15(4-3-14(8)2)11(19)13-5-9(16)12-6-10(17)18/h8H,3-7H2,1-2H3,(H,12,16)(H,13,19)(H,17,18). The van der Waals surface area contributed by atoms with E-state index in [0.29, 0.717) is 13.1 Å². The number of amides is 3. The van der Waals surface area contributed by atoms with Gasteiger partial charge in [0, 0.05) is 25.7 Å². The summed E-state index contributed by atoms with van der Waals surface area (Å²) in [6.07, 6.45) is 0. The van der Waals surface area contributed by atoms with Gasteiger partial charge in [-0.2, -0.15) is 0 Å². The molecule has 1 rings (SSSR count). The van der Waals surface area contributed by atoms with Gasteiger partial charge >= 0.3 is 12.0 Å². The van der Waals surface area contributed by atoms with Gasteiger partial charge in [0.05, 0.1) is 6.54 Å². The fraction of sp³-hybridized carbons (Fsp3) is 0.727. The highest BCUT2D eigenvalue weighted by Crippen LogP contribution is 2.06. The van der Waals surface area contributed by atoms with Crippen molar-refractivity contribution in [2.45, 2.75) is 13.0 Å². The van der Waals surface area contributed by atoms with Crippen LogP contribution < -0.4 is 10.6 Å². The topological polar surface area (TPSA) is 102 Å². The first-order valence-corrected chi connectivity index (χ1v) is 6.11. The number of hydrogen-bond acceptors (Lipinski definition) is 4. The highest BCUT2D eigenvalue weighted by Gasteiger charge is 2.24. The molecule has 3 amide bonds. The molecule has 3 N–H and O–H groups in total. The summed E-state index contributed by atoms with van der Waals surface area (Å²) < 4.78 is 0. The Morgan fingerprint density at radius 1 is 1.21 bits per heavy atom. The van der Waals surface area contributed by atoms with Crippen molar-refractivity contribution in [3.05, 3.63) is 0 Å². The second-order valence-electron chi connectivity index (χ2n) is 4.60. The molecular weight excluding hydrogens is 252 g/mol. The normalized spacial score (nSPS) is 19.9. The molecule has 0 spiro atoms. The van der Waals surface area contributed by atoms with E-state index < -0.39 is 18.4 Å². The zero-order valence-corrected chi connectivity index (χ0v) is 11.2.